The number of carboxylic acid groups (broad SMARTS) is 1. The average Bonchev–Trinajstić information content (AvgIpc) is 2.64. The molecule has 8 nitrogen and oxygen atoms in total. The van der Waals surface area contributed by atoms with Crippen molar-refractivity contribution in [2.24, 2.45) is 5.73 Å². The van der Waals surface area contributed by atoms with Crippen molar-refractivity contribution in [3.05, 3.63) is 57.6 Å². The average molecular weight is 428 g/mol. The van der Waals surface area contributed by atoms with Gasteiger partial charge in [-0.2, -0.15) is 0 Å². The summed E-state index contributed by atoms with van der Waals surface area (Å²) in [5.41, 5.74) is 6.50. The molecule has 0 saturated carbocycles. The van der Waals surface area contributed by atoms with E-state index in [4.69, 9.17) is 44.2 Å². The third kappa shape index (κ3) is 5.49. The highest BCUT2D eigenvalue weighted by atomic mass is 35.5. The Hall–Kier alpha value is -2.52. The fourth-order valence-corrected chi connectivity index (χ4v) is 2.93. The predicted molar refractivity (Wildman–Crippen MR) is 107 cm³/mol. The van der Waals surface area contributed by atoms with E-state index in [1.54, 1.807) is 24.3 Å². The fraction of sp³-hybridized carbons (Fsp3) is 0.222. The Morgan fingerprint density at radius 1 is 1.25 bits per heavy atom. The van der Waals surface area contributed by atoms with Gasteiger partial charge in [0, 0.05) is 21.8 Å². The summed E-state index contributed by atoms with van der Waals surface area (Å²) in [4.78, 5) is 11.9. The lowest BCUT2D eigenvalue weighted by Gasteiger charge is -2.21. The van der Waals surface area contributed by atoms with Crippen LogP contribution in [0.2, 0.25) is 10.0 Å². The van der Waals surface area contributed by atoms with Crippen LogP contribution in [0.3, 0.4) is 0 Å². The van der Waals surface area contributed by atoms with Crippen molar-refractivity contribution in [3.63, 3.8) is 0 Å². The van der Waals surface area contributed by atoms with Crippen molar-refractivity contribution in [2.75, 3.05) is 18.5 Å². The van der Waals surface area contributed by atoms with Crippen LogP contribution >= 0.6 is 23.2 Å². The Kier molecular flexibility index (Phi) is 7.47. The normalized spacial score (nSPS) is 12.9. The van der Waals surface area contributed by atoms with E-state index in [1.807, 2.05) is 0 Å². The molecule has 0 aliphatic rings. The number of rotatable bonds is 9. The number of amidine groups is 1. The largest absolute Gasteiger partial charge is 0.489 e. The second-order valence-electron chi connectivity index (χ2n) is 5.86. The van der Waals surface area contributed by atoms with Gasteiger partial charge in [0.2, 0.25) is 0 Å². The lowest BCUT2D eigenvalue weighted by atomic mass is 10.0. The number of halogens is 2. The topological polar surface area (TPSA) is 149 Å². The first kappa shape index (κ1) is 21.8. The van der Waals surface area contributed by atoms with E-state index < -0.39 is 24.7 Å². The standard InChI is InChI=1S/C18H19Cl2N3O5/c19-10-5-13(16(14(20)6-10)28-8-12(25)7-24)15(18(26)27)23-11-3-1-9(2-4-11)17(21)22/h1-6,12,15,23-25H,7-8H2,(H3,21,22)(H,26,27)/t12-,15?/m0/s1. The summed E-state index contributed by atoms with van der Waals surface area (Å²) in [7, 11) is 0. The number of aliphatic carboxylic acids is 1. The van der Waals surface area contributed by atoms with Gasteiger partial charge in [0.05, 0.1) is 11.6 Å². The van der Waals surface area contributed by atoms with E-state index in [0.717, 1.165) is 0 Å². The molecule has 28 heavy (non-hydrogen) atoms. The number of benzene rings is 2. The first-order valence-corrected chi connectivity index (χ1v) is 8.83. The molecule has 0 heterocycles. The Bertz CT molecular complexity index is 861. The summed E-state index contributed by atoms with van der Waals surface area (Å²) in [6, 6.07) is 7.80. The maximum absolute atomic E-state index is 11.9. The predicted octanol–water partition coefficient (Wildman–Crippen LogP) is 2.25. The molecule has 7 N–H and O–H groups in total. The number of ether oxygens (including phenoxy) is 1. The first-order chi connectivity index (χ1) is 13.2. The van der Waals surface area contributed by atoms with Crippen molar-refractivity contribution in [2.45, 2.75) is 12.1 Å². The molecule has 0 amide bonds. The lowest BCUT2D eigenvalue weighted by molar-refractivity contribution is -0.138. The monoisotopic (exact) mass is 427 g/mol. The second-order valence-corrected chi connectivity index (χ2v) is 6.70. The summed E-state index contributed by atoms with van der Waals surface area (Å²) in [6.07, 6.45) is -1.16. The molecule has 10 heteroatoms. The molecule has 1 unspecified atom stereocenters. The number of aliphatic hydroxyl groups excluding tert-OH is 2. The van der Waals surface area contributed by atoms with Gasteiger partial charge in [0.25, 0.3) is 0 Å². The number of nitrogens with two attached hydrogens (primary N) is 1. The summed E-state index contributed by atoms with van der Waals surface area (Å²) in [5.74, 6) is -1.30. The highest BCUT2D eigenvalue weighted by Crippen LogP contribution is 2.37. The van der Waals surface area contributed by atoms with Crippen LogP contribution in [0.25, 0.3) is 0 Å². The van der Waals surface area contributed by atoms with Gasteiger partial charge >= 0.3 is 5.97 Å². The number of nitrogen functional groups attached to an aromatic ring is 1. The lowest BCUT2D eigenvalue weighted by Crippen LogP contribution is -2.24. The van der Waals surface area contributed by atoms with Crippen LogP contribution in [0, 0.1) is 5.41 Å². The van der Waals surface area contributed by atoms with Crippen LogP contribution in [-0.4, -0.2) is 46.4 Å². The van der Waals surface area contributed by atoms with E-state index in [1.165, 1.54) is 12.1 Å². The summed E-state index contributed by atoms with van der Waals surface area (Å²) in [5, 5.41) is 38.7. The molecule has 150 valence electrons. The molecule has 0 fully saturated rings. The minimum absolute atomic E-state index is 0.0267. The van der Waals surface area contributed by atoms with Gasteiger partial charge < -0.3 is 31.1 Å². The van der Waals surface area contributed by atoms with E-state index >= 15 is 0 Å². The molecule has 0 aromatic heterocycles. The van der Waals surface area contributed by atoms with Crippen LogP contribution in [0.15, 0.2) is 36.4 Å². The Morgan fingerprint density at radius 2 is 1.89 bits per heavy atom. The van der Waals surface area contributed by atoms with E-state index in [9.17, 15) is 15.0 Å². The highest BCUT2D eigenvalue weighted by molar-refractivity contribution is 6.35. The molecule has 2 atom stereocenters. The van der Waals surface area contributed by atoms with Crippen molar-refractivity contribution in [3.8, 4) is 5.75 Å². The molecule has 0 radical (unpaired) electrons. The van der Waals surface area contributed by atoms with E-state index in [-0.39, 0.29) is 33.8 Å². The summed E-state index contributed by atoms with van der Waals surface area (Å²) in [6.45, 7) is -0.811. The fourth-order valence-electron chi connectivity index (χ4n) is 2.36. The van der Waals surface area contributed by atoms with Crippen LogP contribution in [0.1, 0.15) is 17.2 Å². The van der Waals surface area contributed by atoms with Gasteiger partial charge in [-0.1, -0.05) is 23.2 Å². The quantitative estimate of drug-likeness (QED) is 0.265. The van der Waals surface area contributed by atoms with Crippen LogP contribution in [0.4, 0.5) is 5.69 Å². The number of carboxylic acids is 1. The first-order valence-electron chi connectivity index (χ1n) is 8.07. The van der Waals surface area contributed by atoms with Crippen molar-refractivity contribution >= 4 is 40.7 Å². The minimum atomic E-state index is -1.28. The van der Waals surface area contributed by atoms with Gasteiger partial charge in [-0.05, 0) is 36.4 Å². The van der Waals surface area contributed by atoms with Gasteiger partial charge in [0.15, 0.2) is 6.04 Å². The number of anilines is 1. The van der Waals surface area contributed by atoms with Crippen LogP contribution in [0.5, 0.6) is 5.75 Å². The summed E-state index contributed by atoms with van der Waals surface area (Å²) < 4.78 is 5.45. The molecule has 2 aromatic carbocycles. The van der Waals surface area contributed by atoms with Gasteiger partial charge in [0.1, 0.15) is 24.3 Å². The molecule has 2 aromatic rings. The number of nitrogens with one attached hydrogen (secondary N) is 2. The molecule has 0 spiro atoms. The third-order valence-electron chi connectivity index (χ3n) is 3.73. The Labute approximate surface area is 171 Å². The smallest absolute Gasteiger partial charge is 0.330 e. The Morgan fingerprint density at radius 3 is 2.43 bits per heavy atom. The number of hydrogen-bond donors (Lipinski definition) is 6. The van der Waals surface area contributed by atoms with E-state index in [0.29, 0.717) is 11.3 Å². The molecule has 2 rings (SSSR count). The van der Waals surface area contributed by atoms with E-state index in [2.05, 4.69) is 5.32 Å². The number of hydrogen-bond acceptors (Lipinski definition) is 6. The maximum atomic E-state index is 11.9. The molecular formula is C18H19Cl2N3O5. The molecular weight excluding hydrogens is 409 g/mol. The van der Waals surface area contributed by atoms with Gasteiger partial charge in [-0.3, -0.25) is 5.41 Å². The molecule has 0 aliphatic carbocycles. The van der Waals surface area contributed by atoms with Crippen molar-refractivity contribution < 1.29 is 24.9 Å². The second kappa shape index (κ2) is 9.61. The maximum Gasteiger partial charge on any atom is 0.330 e. The highest BCUT2D eigenvalue weighted by Gasteiger charge is 2.26. The SMILES string of the molecule is N=C(N)c1ccc(NC(C(=O)O)c2cc(Cl)cc(Cl)c2OC[C@@H](O)CO)cc1. The molecule has 0 bridgehead atoms. The number of carbonyl (C=O) groups is 1. The minimum Gasteiger partial charge on any atom is -0.489 e. The summed E-state index contributed by atoms with van der Waals surface area (Å²) >= 11 is 12.2. The van der Waals surface area contributed by atoms with Crippen molar-refractivity contribution in [1.29, 1.82) is 5.41 Å². The zero-order valence-corrected chi connectivity index (χ0v) is 16.0. The number of aliphatic hydroxyl groups is 2. The zero-order valence-electron chi connectivity index (χ0n) is 14.5. The van der Waals surface area contributed by atoms with Crippen LogP contribution < -0.4 is 15.8 Å². The zero-order chi connectivity index (χ0) is 20.8. The third-order valence-corrected chi connectivity index (χ3v) is 4.23. The van der Waals surface area contributed by atoms with Crippen molar-refractivity contribution in [1.82, 2.24) is 0 Å². The Balaban J connectivity index is 2.38. The molecule has 0 aliphatic heterocycles. The van der Waals surface area contributed by atoms with Crippen LogP contribution in [-0.2, 0) is 4.79 Å². The van der Waals surface area contributed by atoms with Gasteiger partial charge in [-0.25, -0.2) is 4.79 Å². The molecule has 0 saturated heterocycles. The van der Waals surface area contributed by atoms with Gasteiger partial charge in [-0.15, -0.1) is 0 Å².